The van der Waals surface area contributed by atoms with Gasteiger partial charge in [0.25, 0.3) is 5.91 Å². The number of para-hydroxylation sites is 2. The first-order chi connectivity index (χ1) is 14.4. The van der Waals surface area contributed by atoms with Crippen LogP contribution in [0.5, 0.6) is 5.75 Å². The van der Waals surface area contributed by atoms with Gasteiger partial charge in [0.15, 0.2) is 18.1 Å². The zero-order chi connectivity index (χ0) is 21.7. The van der Waals surface area contributed by atoms with Crippen molar-refractivity contribution in [3.63, 3.8) is 0 Å². The van der Waals surface area contributed by atoms with E-state index in [-0.39, 0.29) is 30.3 Å². The van der Waals surface area contributed by atoms with Crippen molar-refractivity contribution in [3.05, 3.63) is 60.1 Å². The summed E-state index contributed by atoms with van der Waals surface area (Å²) in [5.74, 6) is 0.792. The highest BCUT2D eigenvalue weighted by molar-refractivity contribution is 5.91. The van der Waals surface area contributed by atoms with E-state index in [1.165, 1.54) is 0 Å². The van der Waals surface area contributed by atoms with Crippen LogP contribution in [0.2, 0.25) is 0 Å². The number of aliphatic hydroxyl groups excluding tert-OH is 1. The number of nitrogens with one attached hydrogen (secondary N) is 2. The second-order valence-electron chi connectivity index (χ2n) is 7.00. The fourth-order valence-electron chi connectivity index (χ4n) is 3.20. The van der Waals surface area contributed by atoms with E-state index in [9.17, 15) is 15.2 Å². The number of fused-ring (bicyclic) bond motifs is 1. The molecule has 8 heteroatoms. The number of nitrogens with zero attached hydrogens (tertiary/aromatic N) is 3. The van der Waals surface area contributed by atoms with Crippen LogP contribution in [-0.2, 0) is 11.8 Å². The molecule has 154 valence electrons. The van der Waals surface area contributed by atoms with E-state index in [2.05, 4.69) is 10.3 Å². The van der Waals surface area contributed by atoms with Gasteiger partial charge in [-0.3, -0.25) is 4.79 Å². The van der Waals surface area contributed by atoms with Gasteiger partial charge in [0, 0.05) is 12.7 Å². The average Bonchev–Trinajstić information content (AvgIpc) is 3.05. The Bertz CT molecular complexity index is 1130. The topological polar surface area (TPSA) is 105 Å². The Kier molecular flexibility index (Phi) is 6.35. The number of quaternary nitrogens is 1. The summed E-state index contributed by atoms with van der Waals surface area (Å²) in [4.78, 5) is 17.5. The minimum absolute atomic E-state index is 0.101. The zero-order valence-electron chi connectivity index (χ0n) is 17.1. The second-order valence-corrected chi connectivity index (χ2v) is 7.00. The van der Waals surface area contributed by atoms with E-state index in [0.717, 1.165) is 15.9 Å². The van der Waals surface area contributed by atoms with Crippen molar-refractivity contribution in [3.8, 4) is 11.8 Å². The smallest absolute Gasteiger partial charge is 0.279 e. The number of methoxy groups -OCH3 is 1. The van der Waals surface area contributed by atoms with Crippen molar-refractivity contribution in [1.82, 2.24) is 9.55 Å². The number of aryl methyl sites for hydroxylation is 1. The molecular weight excluding hydrogens is 382 g/mol. The van der Waals surface area contributed by atoms with Crippen LogP contribution in [0.4, 0.5) is 5.69 Å². The molecule has 3 rings (SSSR count). The average molecular weight is 406 g/mol. The number of hydrogen-bond donors (Lipinski definition) is 3. The molecule has 0 fully saturated rings. The van der Waals surface area contributed by atoms with Crippen molar-refractivity contribution >= 4 is 28.2 Å². The normalized spacial score (nSPS) is 12.7. The fourth-order valence-corrected chi connectivity index (χ4v) is 3.20. The number of likely N-dealkylation sites (N-methyl/N-ethyl adjacent to an activating group) is 1. The van der Waals surface area contributed by atoms with Crippen molar-refractivity contribution in [1.29, 1.82) is 5.26 Å². The summed E-state index contributed by atoms with van der Waals surface area (Å²) < 4.78 is 6.87. The maximum absolute atomic E-state index is 12.3. The maximum Gasteiger partial charge on any atom is 0.279 e. The molecular formula is C22H24N5O3+. The van der Waals surface area contributed by atoms with Gasteiger partial charge >= 0.3 is 0 Å². The lowest BCUT2D eigenvalue weighted by Gasteiger charge is -2.14. The molecule has 3 N–H and O–H groups in total. The number of amides is 1. The highest BCUT2D eigenvalue weighted by atomic mass is 16.5. The molecule has 0 radical (unpaired) electrons. The van der Waals surface area contributed by atoms with Gasteiger partial charge in [0.05, 0.1) is 25.2 Å². The molecule has 0 aliphatic rings. The summed E-state index contributed by atoms with van der Waals surface area (Å²) in [6, 6.07) is 16.6. The summed E-state index contributed by atoms with van der Waals surface area (Å²) in [6.45, 7) is 0.236. The van der Waals surface area contributed by atoms with E-state index in [1.807, 2.05) is 30.3 Å². The van der Waals surface area contributed by atoms with E-state index >= 15 is 0 Å². The predicted octanol–water partition coefficient (Wildman–Crippen LogP) is 1.53. The summed E-state index contributed by atoms with van der Waals surface area (Å²) in [5, 5.41) is 23.0. The third kappa shape index (κ3) is 4.59. The lowest BCUT2D eigenvalue weighted by molar-refractivity contribution is -0.867. The monoisotopic (exact) mass is 406 g/mol. The van der Waals surface area contributed by atoms with E-state index < -0.39 is 0 Å². The van der Waals surface area contributed by atoms with Gasteiger partial charge in [-0.05, 0) is 36.4 Å². The van der Waals surface area contributed by atoms with Crippen LogP contribution in [0.3, 0.4) is 0 Å². The number of carbonyl (C=O) groups excluding carboxylic acids is 1. The molecule has 1 unspecified atom stereocenters. The molecule has 3 aromatic rings. The van der Waals surface area contributed by atoms with Crippen LogP contribution < -0.4 is 15.0 Å². The number of hydrogen-bond acceptors (Lipinski definition) is 5. The number of allylic oxidation sites excluding steroid dienone is 1. The molecule has 0 bridgehead atoms. The first-order valence-corrected chi connectivity index (χ1v) is 9.42. The first-order valence-electron chi connectivity index (χ1n) is 9.42. The molecule has 1 aromatic heterocycles. The summed E-state index contributed by atoms with van der Waals surface area (Å²) in [7, 11) is 5.15. The van der Waals surface area contributed by atoms with Crippen LogP contribution in [0.15, 0.2) is 54.3 Å². The molecule has 0 saturated carbocycles. The predicted molar refractivity (Wildman–Crippen MR) is 114 cm³/mol. The SMILES string of the molecule is COc1ccc(NC(=O)C[NH+](C)C/C(O)=C(\C#N)c2nc3ccccc3n2C)cc1. The number of benzene rings is 2. The van der Waals surface area contributed by atoms with Gasteiger partial charge in [-0.25, -0.2) is 4.98 Å². The van der Waals surface area contributed by atoms with E-state index in [0.29, 0.717) is 17.3 Å². The standard InChI is InChI=1S/C22H23N5O3/c1-26(14-21(29)24-15-8-10-16(30-3)11-9-15)13-20(28)17(12-23)22-25-18-6-4-5-7-19(18)27(22)2/h4-11,28H,13-14H2,1-3H3,(H,24,29)/p+1/b20-17-. The number of imidazole rings is 1. The van der Waals surface area contributed by atoms with Gasteiger partial charge in [-0.2, -0.15) is 5.26 Å². The van der Waals surface area contributed by atoms with Crippen LogP contribution in [-0.4, -0.2) is 47.8 Å². The highest BCUT2D eigenvalue weighted by Gasteiger charge is 2.20. The van der Waals surface area contributed by atoms with Crippen molar-refractivity contribution < 1.29 is 19.5 Å². The quantitative estimate of drug-likeness (QED) is 0.408. The third-order valence-corrected chi connectivity index (χ3v) is 4.72. The molecule has 1 atom stereocenters. The first kappa shape index (κ1) is 20.9. The van der Waals surface area contributed by atoms with E-state index in [1.54, 1.807) is 50.0 Å². The Hall–Kier alpha value is -3.83. The van der Waals surface area contributed by atoms with Gasteiger partial charge < -0.3 is 24.6 Å². The van der Waals surface area contributed by atoms with Crippen molar-refractivity contribution in [2.75, 3.05) is 32.6 Å². The third-order valence-electron chi connectivity index (χ3n) is 4.72. The van der Waals surface area contributed by atoms with Crippen LogP contribution in [0.1, 0.15) is 5.82 Å². The fraction of sp³-hybridized carbons (Fsp3) is 0.227. The molecule has 1 amide bonds. The summed E-state index contributed by atoms with van der Waals surface area (Å²) >= 11 is 0. The molecule has 0 spiro atoms. The Labute approximate surface area is 174 Å². The van der Waals surface area contributed by atoms with Crippen LogP contribution in [0.25, 0.3) is 16.6 Å². The molecule has 30 heavy (non-hydrogen) atoms. The molecule has 0 saturated heterocycles. The lowest BCUT2D eigenvalue weighted by atomic mass is 10.2. The highest BCUT2D eigenvalue weighted by Crippen LogP contribution is 2.21. The minimum Gasteiger partial charge on any atom is -0.506 e. The van der Waals surface area contributed by atoms with Crippen LogP contribution in [0, 0.1) is 11.3 Å². The molecule has 0 aliphatic carbocycles. The Morgan fingerprint density at radius 3 is 2.57 bits per heavy atom. The van der Waals surface area contributed by atoms with Gasteiger partial charge in [-0.1, -0.05) is 12.1 Å². The molecule has 1 heterocycles. The Balaban J connectivity index is 1.69. The summed E-state index contributed by atoms with van der Waals surface area (Å²) in [6.07, 6.45) is 0. The minimum atomic E-state index is -0.202. The van der Waals surface area contributed by atoms with Crippen molar-refractivity contribution in [2.24, 2.45) is 7.05 Å². The number of carbonyl (C=O) groups is 1. The van der Waals surface area contributed by atoms with Gasteiger partial charge in [0.1, 0.15) is 23.9 Å². The number of nitriles is 1. The number of ether oxygens (including phenoxy) is 1. The Morgan fingerprint density at radius 2 is 1.93 bits per heavy atom. The van der Waals surface area contributed by atoms with Crippen LogP contribution >= 0.6 is 0 Å². The second kappa shape index (κ2) is 9.11. The van der Waals surface area contributed by atoms with E-state index in [4.69, 9.17) is 4.74 Å². The molecule has 0 aliphatic heterocycles. The maximum atomic E-state index is 12.3. The van der Waals surface area contributed by atoms with Gasteiger partial charge in [0.2, 0.25) is 0 Å². The Morgan fingerprint density at radius 1 is 1.23 bits per heavy atom. The number of rotatable bonds is 7. The molecule has 8 nitrogen and oxygen atoms in total. The van der Waals surface area contributed by atoms with Crippen molar-refractivity contribution in [2.45, 2.75) is 0 Å². The lowest BCUT2D eigenvalue weighted by Crippen LogP contribution is -3.10. The number of aliphatic hydroxyl groups is 1. The zero-order valence-corrected chi connectivity index (χ0v) is 17.1. The molecule has 2 aromatic carbocycles. The number of aromatic nitrogens is 2. The number of anilines is 1. The largest absolute Gasteiger partial charge is 0.506 e. The van der Waals surface area contributed by atoms with Gasteiger partial charge in [-0.15, -0.1) is 0 Å². The summed E-state index contributed by atoms with van der Waals surface area (Å²) in [5.41, 5.74) is 2.37.